The number of rotatable bonds is 10. The molecule has 10 heteroatoms. The predicted molar refractivity (Wildman–Crippen MR) is 127 cm³/mol. The van der Waals surface area contributed by atoms with Gasteiger partial charge in [0.05, 0.1) is 13.2 Å². The lowest BCUT2D eigenvalue weighted by Crippen LogP contribution is -2.28. The summed E-state index contributed by atoms with van der Waals surface area (Å²) in [5.74, 6) is 3.23. The topological polar surface area (TPSA) is 61.8 Å². The number of benzene rings is 2. The minimum atomic E-state index is -5.79. The van der Waals surface area contributed by atoms with Crippen LogP contribution in [0.1, 0.15) is 52.4 Å². The van der Waals surface area contributed by atoms with E-state index in [0.29, 0.717) is 30.1 Å². The van der Waals surface area contributed by atoms with Crippen molar-refractivity contribution in [3.05, 3.63) is 30.3 Å². The summed E-state index contributed by atoms with van der Waals surface area (Å²) in [5, 5.41) is 0.602. The van der Waals surface area contributed by atoms with Crippen LogP contribution >= 0.6 is 11.8 Å². The van der Waals surface area contributed by atoms with Crippen LogP contribution in [-0.2, 0) is 10.1 Å². The minimum Gasteiger partial charge on any atom is -0.494 e. The lowest BCUT2D eigenvalue weighted by molar-refractivity contribution is -0.0499. The maximum Gasteiger partial charge on any atom is 0.534 e. The van der Waals surface area contributed by atoms with Crippen LogP contribution < -0.4 is 13.7 Å². The van der Waals surface area contributed by atoms with Crippen LogP contribution in [0.5, 0.6) is 17.2 Å². The second-order valence-electron chi connectivity index (χ2n) is 7.48. The van der Waals surface area contributed by atoms with Crippen molar-refractivity contribution in [2.45, 2.75) is 57.9 Å². The molecule has 0 aromatic heterocycles. The smallest absolute Gasteiger partial charge is 0.494 e. The molecule has 33 heavy (non-hydrogen) atoms. The quantitative estimate of drug-likeness (QED) is 0.197. The third kappa shape index (κ3) is 8.48. The molecule has 1 aliphatic rings. The van der Waals surface area contributed by atoms with E-state index in [9.17, 15) is 21.6 Å². The second-order valence-corrected chi connectivity index (χ2v) is 10.2. The van der Waals surface area contributed by atoms with E-state index in [0.717, 1.165) is 31.7 Å². The summed E-state index contributed by atoms with van der Waals surface area (Å²) in [5.41, 5.74) is -5.52. The summed E-state index contributed by atoms with van der Waals surface area (Å²) in [4.78, 5) is 0. The van der Waals surface area contributed by atoms with Crippen molar-refractivity contribution < 1.29 is 35.2 Å². The van der Waals surface area contributed by atoms with Gasteiger partial charge in [-0.05, 0) is 67.5 Å². The molecule has 1 fully saturated rings. The summed E-state index contributed by atoms with van der Waals surface area (Å²) in [6.45, 7) is 4.87. The van der Waals surface area contributed by atoms with Crippen LogP contribution in [0.4, 0.5) is 13.2 Å². The number of thioether (sulfide) groups is 1. The Morgan fingerprint density at radius 1 is 0.879 bits per heavy atom. The molecule has 0 amide bonds. The van der Waals surface area contributed by atoms with Gasteiger partial charge < -0.3 is 13.7 Å². The number of halogens is 3. The van der Waals surface area contributed by atoms with E-state index in [1.54, 1.807) is 12.1 Å². The Morgan fingerprint density at radius 2 is 1.48 bits per heavy atom. The van der Waals surface area contributed by atoms with Gasteiger partial charge in [-0.1, -0.05) is 26.7 Å². The molecule has 1 aliphatic heterocycles. The summed E-state index contributed by atoms with van der Waals surface area (Å²) in [7, 11) is -5.79. The summed E-state index contributed by atoms with van der Waals surface area (Å²) < 4.78 is 76.7. The van der Waals surface area contributed by atoms with E-state index in [1.807, 2.05) is 13.8 Å². The van der Waals surface area contributed by atoms with Crippen molar-refractivity contribution in [1.82, 2.24) is 0 Å². The third-order valence-corrected chi connectivity index (χ3v) is 6.86. The van der Waals surface area contributed by atoms with Gasteiger partial charge in [0.2, 0.25) is 0 Å². The fourth-order valence-electron chi connectivity index (χ4n) is 2.90. The number of unbranched alkanes of at least 4 members (excludes halogenated alkanes) is 2. The Labute approximate surface area is 198 Å². The van der Waals surface area contributed by atoms with Crippen molar-refractivity contribution >= 4 is 32.7 Å². The normalized spacial score (nSPS) is 14.0. The lowest BCUT2D eigenvalue weighted by atomic mass is 10.1. The first kappa shape index (κ1) is 27.4. The van der Waals surface area contributed by atoms with Crippen LogP contribution in [0, 0.1) is 0 Å². The number of hydrogen-bond donors (Lipinski definition) is 0. The first-order valence-electron chi connectivity index (χ1n) is 11.1. The van der Waals surface area contributed by atoms with Gasteiger partial charge in [-0.25, -0.2) is 0 Å². The molecule has 0 saturated carbocycles. The summed E-state index contributed by atoms with van der Waals surface area (Å²) in [6.07, 6.45) is 6.37. The van der Waals surface area contributed by atoms with Crippen molar-refractivity contribution in [2.24, 2.45) is 0 Å². The van der Waals surface area contributed by atoms with Crippen LogP contribution in [0.15, 0.2) is 30.3 Å². The fraction of sp³-hybridized carbons (Fsp3) is 0.565. The molecule has 1 heterocycles. The molecule has 0 aliphatic carbocycles. The average molecular weight is 509 g/mol. The Bertz CT molecular complexity index is 966. The van der Waals surface area contributed by atoms with Crippen LogP contribution in [0.3, 0.4) is 0 Å². The fourth-order valence-corrected chi connectivity index (χ4v) is 4.39. The van der Waals surface area contributed by atoms with Gasteiger partial charge in [0.1, 0.15) is 11.5 Å². The zero-order valence-corrected chi connectivity index (χ0v) is 20.6. The Balaban J connectivity index is 0.000000678. The molecular formula is C23H31F3O5S2. The van der Waals surface area contributed by atoms with Gasteiger partial charge in [0, 0.05) is 10.8 Å². The van der Waals surface area contributed by atoms with E-state index in [4.69, 9.17) is 9.47 Å². The lowest BCUT2D eigenvalue weighted by Gasteiger charge is -2.15. The highest BCUT2D eigenvalue weighted by atomic mass is 32.2. The number of hydrogen-bond acceptors (Lipinski definition) is 6. The molecule has 0 bridgehead atoms. The summed E-state index contributed by atoms with van der Waals surface area (Å²) >= 11 is 2.07. The second kappa shape index (κ2) is 13.2. The molecule has 0 N–H and O–H groups in total. The molecule has 0 atom stereocenters. The molecule has 1 saturated heterocycles. The first-order valence-corrected chi connectivity index (χ1v) is 13.7. The summed E-state index contributed by atoms with van der Waals surface area (Å²) in [6, 6.07) is 7.29. The van der Waals surface area contributed by atoms with Crippen LogP contribution in [0.25, 0.3) is 10.8 Å². The van der Waals surface area contributed by atoms with E-state index in [2.05, 4.69) is 15.9 Å². The van der Waals surface area contributed by atoms with E-state index < -0.39 is 21.4 Å². The molecule has 2 aromatic carbocycles. The third-order valence-electron chi connectivity index (χ3n) is 4.74. The standard InChI is InChI=1S/C19H23F3O5S.C4H8S/c1-3-5-11-25-14-7-8-15-16(13-14)18(27-28(23,24)19(20,21)22)10-9-17(15)26-12-6-4-2;1-2-4-5-3-1/h7-10,13H,3-6,11-12H2,1-2H3;1-4H2. The van der Waals surface area contributed by atoms with Crippen LogP contribution in [-0.4, -0.2) is 38.6 Å². The molecular weight excluding hydrogens is 477 g/mol. The van der Waals surface area contributed by atoms with Gasteiger partial charge in [-0.3, -0.25) is 0 Å². The minimum absolute atomic E-state index is 0.163. The maximum atomic E-state index is 12.7. The molecule has 5 nitrogen and oxygen atoms in total. The van der Waals surface area contributed by atoms with E-state index >= 15 is 0 Å². The molecule has 0 radical (unpaired) electrons. The van der Waals surface area contributed by atoms with Crippen molar-refractivity contribution in [3.8, 4) is 17.2 Å². The highest BCUT2D eigenvalue weighted by Crippen LogP contribution is 2.38. The predicted octanol–water partition coefficient (Wildman–Crippen LogP) is 6.94. The number of alkyl halides is 3. The van der Waals surface area contributed by atoms with Gasteiger partial charge in [0.15, 0.2) is 5.75 Å². The average Bonchev–Trinajstić information content (AvgIpc) is 3.35. The van der Waals surface area contributed by atoms with Gasteiger partial charge in [-0.15, -0.1) is 0 Å². The zero-order valence-electron chi connectivity index (χ0n) is 18.9. The van der Waals surface area contributed by atoms with E-state index in [1.165, 1.54) is 36.5 Å². The van der Waals surface area contributed by atoms with E-state index in [-0.39, 0.29) is 5.39 Å². The zero-order chi connectivity index (χ0) is 24.3. The van der Waals surface area contributed by atoms with Gasteiger partial charge in [-0.2, -0.15) is 33.4 Å². The van der Waals surface area contributed by atoms with Crippen molar-refractivity contribution in [1.29, 1.82) is 0 Å². The first-order chi connectivity index (χ1) is 15.7. The highest BCUT2D eigenvalue weighted by Gasteiger charge is 2.48. The molecule has 3 rings (SSSR count). The molecule has 0 spiro atoms. The Morgan fingerprint density at radius 3 is 2.03 bits per heavy atom. The number of ether oxygens (including phenoxy) is 2. The number of fused-ring (bicyclic) bond motifs is 1. The molecule has 186 valence electrons. The monoisotopic (exact) mass is 508 g/mol. The molecule has 2 aromatic rings. The Hall–Kier alpha value is -1.81. The van der Waals surface area contributed by atoms with Gasteiger partial charge >= 0.3 is 15.6 Å². The van der Waals surface area contributed by atoms with Crippen molar-refractivity contribution in [2.75, 3.05) is 24.7 Å². The largest absolute Gasteiger partial charge is 0.534 e. The van der Waals surface area contributed by atoms with Gasteiger partial charge in [0.25, 0.3) is 0 Å². The molecule has 0 unspecified atom stereocenters. The van der Waals surface area contributed by atoms with Crippen molar-refractivity contribution in [3.63, 3.8) is 0 Å². The van der Waals surface area contributed by atoms with Crippen LogP contribution in [0.2, 0.25) is 0 Å². The Kier molecular flexibility index (Phi) is 11.0. The highest BCUT2D eigenvalue weighted by molar-refractivity contribution is 7.99. The maximum absolute atomic E-state index is 12.7. The SMILES string of the molecule is C1CCSC1.CCCCOc1ccc2c(OCCCC)ccc(OS(=O)(=O)C(F)(F)F)c2c1.